The van der Waals surface area contributed by atoms with Crippen LogP contribution in [0.5, 0.6) is 0 Å². The van der Waals surface area contributed by atoms with Gasteiger partial charge in [-0.1, -0.05) is 18.2 Å². The molecule has 0 unspecified atom stereocenters. The van der Waals surface area contributed by atoms with Gasteiger partial charge in [-0.2, -0.15) is 0 Å². The number of hydrogen-bond acceptors (Lipinski definition) is 4. The Morgan fingerprint density at radius 3 is 1.67 bits per heavy atom. The number of nitrogens with one attached hydrogen (secondary N) is 1. The lowest BCUT2D eigenvalue weighted by Crippen LogP contribution is -2.50. The van der Waals surface area contributed by atoms with Crippen molar-refractivity contribution in [3.63, 3.8) is 0 Å². The highest BCUT2D eigenvalue weighted by Crippen LogP contribution is 2.15. The number of piperazine rings is 1. The van der Waals surface area contributed by atoms with Crippen LogP contribution in [-0.2, 0) is 10.0 Å². The number of hydrogen-bond donors (Lipinski definition) is 1. The smallest absolute Gasteiger partial charge is 0.253 e. The first kappa shape index (κ1) is 18.9. The first-order valence-corrected chi connectivity index (χ1v) is 10.4. The Bertz CT molecular complexity index is 919. The van der Waals surface area contributed by atoms with Gasteiger partial charge >= 0.3 is 0 Å². The zero-order chi connectivity index (χ0) is 19.4. The molecule has 0 aromatic heterocycles. The molecule has 1 N–H and O–H groups in total. The molecule has 2 amide bonds. The second kappa shape index (κ2) is 7.79. The van der Waals surface area contributed by atoms with Gasteiger partial charge in [0.2, 0.25) is 10.0 Å². The Morgan fingerprint density at radius 1 is 0.778 bits per heavy atom. The van der Waals surface area contributed by atoms with Crippen LogP contribution in [0.15, 0.2) is 54.6 Å². The summed E-state index contributed by atoms with van der Waals surface area (Å²) in [5, 5.41) is 0. The average molecular weight is 387 g/mol. The molecule has 8 heteroatoms. The zero-order valence-electron chi connectivity index (χ0n) is 15.0. The summed E-state index contributed by atoms with van der Waals surface area (Å²) in [5.41, 5.74) is 1.54. The van der Waals surface area contributed by atoms with Gasteiger partial charge < -0.3 is 9.80 Å². The minimum atomic E-state index is -3.35. The molecule has 2 aromatic rings. The van der Waals surface area contributed by atoms with Crippen molar-refractivity contribution < 1.29 is 18.0 Å². The summed E-state index contributed by atoms with van der Waals surface area (Å²) in [6.45, 7) is 1.88. The number of rotatable bonds is 4. The Kier molecular flexibility index (Phi) is 5.46. The molecule has 142 valence electrons. The van der Waals surface area contributed by atoms with Gasteiger partial charge in [0.1, 0.15) is 0 Å². The van der Waals surface area contributed by atoms with Gasteiger partial charge in [0.15, 0.2) is 0 Å². The highest BCUT2D eigenvalue weighted by atomic mass is 32.2. The van der Waals surface area contributed by atoms with E-state index in [9.17, 15) is 18.0 Å². The van der Waals surface area contributed by atoms with Gasteiger partial charge in [-0.15, -0.1) is 0 Å². The molecule has 0 spiro atoms. The number of carbonyl (C=O) groups excluding carboxylic acids is 2. The highest BCUT2D eigenvalue weighted by Gasteiger charge is 2.25. The van der Waals surface area contributed by atoms with Crippen LogP contribution >= 0.6 is 0 Å². The average Bonchev–Trinajstić information content (AvgIpc) is 2.67. The molecule has 0 saturated carbocycles. The molecule has 7 nitrogen and oxygen atoms in total. The fourth-order valence-corrected chi connectivity index (χ4v) is 3.52. The maximum Gasteiger partial charge on any atom is 0.253 e. The number of benzene rings is 2. The van der Waals surface area contributed by atoms with E-state index in [0.717, 1.165) is 6.26 Å². The van der Waals surface area contributed by atoms with Crippen LogP contribution in [0.1, 0.15) is 20.7 Å². The second-order valence-corrected chi connectivity index (χ2v) is 8.15. The summed E-state index contributed by atoms with van der Waals surface area (Å²) in [7, 11) is -3.35. The summed E-state index contributed by atoms with van der Waals surface area (Å²) in [5.74, 6) is -0.161. The molecular formula is C19H21N3O4S. The third-order valence-corrected chi connectivity index (χ3v) is 4.92. The van der Waals surface area contributed by atoms with Crippen molar-refractivity contribution in [2.45, 2.75) is 0 Å². The number of nitrogens with zero attached hydrogens (tertiary/aromatic N) is 2. The van der Waals surface area contributed by atoms with Gasteiger partial charge in [0, 0.05) is 43.0 Å². The van der Waals surface area contributed by atoms with Crippen LogP contribution in [-0.4, -0.2) is 62.5 Å². The summed E-state index contributed by atoms with van der Waals surface area (Å²) < 4.78 is 24.8. The maximum absolute atomic E-state index is 12.6. The fourth-order valence-electron chi connectivity index (χ4n) is 2.95. The third kappa shape index (κ3) is 4.85. The summed E-state index contributed by atoms with van der Waals surface area (Å²) >= 11 is 0. The molecule has 0 atom stereocenters. The predicted molar refractivity (Wildman–Crippen MR) is 103 cm³/mol. The van der Waals surface area contributed by atoms with Crippen LogP contribution in [0.3, 0.4) is 0 Å². The Balaban J connectivity index is 1.59. The van der Waals surface area contributed by atoms with Crippen molar-refractivity contribution in [2.75, 3.05) is 37.2 Å². The van der Waals surface area contributed by atoms with Gasteiger partial charge in [0.25, 0.3) is 11.8 Å². The van der Waals surface area contributed by atoms with Crippen LogP contribution in [0.4, 0.5) is 5.69 Å². The van der Waals surface area contributed by atoms with E-state index in [0.29, 0.717) is 43.0 Å². The second-order valence-electron chi connectivity index (χ2n) is 6.40. The van der Waals surface area contributed by atoms with Gasteiger partial charge in [-0.25, -0.2) is 8.42 Å². The van der Waals surface area contributed by atoms with E-state index in [1.807, 2.05) is 18.2 Å². The Labute approximate surface area is 158 Å². The van der Waals surface area contributed by atoms with E-state index in [1.54, 1.807) is 46.2 Å². The first-order valence-electron chi connectivity index (χ1n) is 8.55. The highest BCUT2D eigenvalue weighted by molar-refractivity contribution is 7.92. The molecule has 1 saturated heterocycles. The van der Waals surface area contributed by atoms with E-state index >= 15 is 0 Å². The molecule has 1 heterocycles. The quantitative estimate of drug-likeness (QED) is 0.864. The normalized spacial score (nSPS) is 14.7. The molecule has 0 bridgehead atoms. The molecule has 0 aliphatic carbocycles. The summed E-state index contributed by atoms with van der Waals surface area (Å²) in [6, 6.07) is 15.4. The van der Waals surface area contributed by atoms with Crippen molar-refractivity contribution in [1.29, 1.82) is 0 Å². The van der Waals surface area contributed by atoms with Crippen LogP contribution in [0.25, 0.3) is 0 Å². The lowest BCUT2D eigenvalue weighted by molar-refractivity contribution is 0.0535. The molecule has 1 fully saturated rings. The van der Waals surface area contributed by atoms with Crippen molar-refractivity contribution >= 4 is 27.5 Å². The van der Waals surface area contributed by atoms with Crippen LogP contribution in [0.2, 0.25) is 0 Å². The molecule has 1 aliphatic rings. The number of carbonyl (C=O) groups is 2. The summed E-state index contributed by atoms with van der Waals surface area (Å²) in [4.78, 5) is 28.5. The molecule has 2 aromatic carbocycles. The molecule has 1 aliphatic heterocycles. The number of sulfonamides is 1. The zero-order valence-corrected chi connectivity index (χ0v) is 15.8. The standard InChI is InChI=1S/C19H21N3O4S/c1-27(25,26)20-17-9-7-16(8-10-17)19(24)22-13-11-21(12-14-22)18(23)15-5-3-2-4-6-15/h2-10,20H,11-14H2,1H3. The molecule has 3 rings (SSSR count). The van der Waals surface area contributed by atoms with Crippen molar-refractivity contribution in [3.8, 4) is 0 Å². The van der Waals surface area contributed by atoms with E-state index in [2.05, 4.69) is 4.72 Å². The fraction of sp³-hybridized carbons (Fsp3) is 0.263. The lowest BCUT2D eigenvalue weighted by atomic mass is 10.1. The Hall–Kier alpha value is -2.87. The van der Waals surface area contributed by atoms with Crippen molar-refractivity contribution in [1.82, 2.24) is 9.80 Å². The van der Waals surface area contributed by atoms with Crippen LogP contribution < -0.4 is 4.72 Å². The lowest BCUT2D eigenvalue weighted by Gasteiger charge is -2.35. The monoisotopic (exact) mass is 387 g/mol. The first-order chi connectivity index (χ1) is 12.8. The SMILES string of the molecule is CS(=O)(=O)Nc1ccc(C(=O)N2CCN(C(=O)c3ccccc3)CC2)cc1. The van der Waals surface area contributed by atoms with E-state index in [4.69, 9.17) is 0 Å². The predicted octanol–water partition coefficient (Wildman–Crippen LogP) is 1.66. The minimum Gasteiger partial charge on any atom is -0.335 e. The largest absolute Gasteiger partial charge is 0.335 e. The number of amides is 2. The van der Waals surface area contributed by atoms with Crippen molar-refractivity contribution in [3.05, 3.63) is 65.7 Å². The Morgan fingerprint density at radius 2 is 1.22 bits per heavy atom. The third-order valence-electron chi connectivity index (χ3n) is 4.31. The van der Waals surface area contributed by atoms with E-state index in [1.165, 1.54) is 0 Å². The van der Waals surface area contributed by atoms with E-state index in [-0.39, 0.29) is 11.8 Å². The molecule has 27 heavy (non-hydrogen) atoms. The van der Waals surface area contributed by atoms with Gasteiger partial charge in [-0.05, 0) is 36.4 Å². The van der Waals surface area contributed by atoms with Crippen LogP contribution in [0, 0.1) is 0 Å². The van der Waals surface area contributed by atoms with E-state index < -0.39 is 10.0 Å². The number of anilines is 1. The minimum absolute atomic E-state index is 0.0288. The maximum atomic E-state index is 12.6. The summed E-state index contributed by atoms with van der Waals surface area (Å²) in [6.07, 6.45) is 1.07. The van der Waals surface area contributed by atoms with Gasteiger partial charge in [-0.3, -0.25) is 14.3 Å². The molecular weight excluding hydrogens is 366 g/mol. The van der Waals surface area contributed by atoms with Crippen molar-refractivity contribution in [2.24, 2.45) is 0 Å². The topological polar surface area (TPSA) is 86.8 Å². The van der Waals surface area contributed by atoms with Gasteiger partial charge in [0.05, 0.1) is 6.26 Å². The molecule has 0 radical (unpaired) electrons.